The fourth-order valence-electron chi connectivity index (χ4n) is 3.44. The van der Waals surface area contributed by atoms with E-state index in [2.05, 4.69) is 5.32 Å². The lowest BCUT2D eigenvalue weighted by molar-refractivity contribution is -0.122. The van der Waals surface area contributed by atoms with E-state index in [4.69, 9.17) is 13.9 Å². The number of carbonyl (C=O) groups is 2. The van der Waals surface area contributed by atoms with E-state index in [0.29, 0.717) is 16.3 Å². The van der Waals surface area contributed by atoms with E-state index in [0.717, 1.165) is 21.4 Å². The van der Waals surface area contributed by atoms with Crippen LogP contribution in [0.25, 0.3) is 21.4 Å². The Morgan fingerprint density at radius 3 is 2.59 bits per heavy atom. The van der Waals surface area contributed by atoms with Gasteiger partial charge in [-0.15, -0.1) is 11.3 Å². The van der Waals surface area contributed by atoms with E-state index in [-0.39, 0.29) is 12.2 Å². The molecule has 2 aromatic carbocycles. The molecule has 0 saturated carbocycles. The van der Waals surface area contributed by atoms with Crippen molar-refractivity contribution in [2.24, 2.45) is 0 Å². The van der Waals surface area contributed by atoms with Crippen molar-refractivity contribution < 1.29 is 23.5 Å². The van der Waals surface area contributed by atoms with Gasteiger partial charge in [0.1, 0.15) is 16.3 Å². The SMILES string of the molecule is CCOC(=O)c1cc(-c2ccccc2)sc1NC(=O)[C@@H](C)Oc1ccc2c(C)cc(=O)oc2c1. The summed E-state index contributed by atoms with van der Waals surface area (Å²) in [5.74, 6) is -0.562. The minimum absolute atomic E-state index is 0.222. The van der Waals surface area contributed by atoms with E-state index >= 15 is 0 Å². The van der Waals surface area contributed by atoms with Gasteiger partial charge in [0.25, 0.3) is 5.91 Å². The molecular formula is C26H23NO6S. The summed E-state index contributed by atoms with van der Waals surface area (Å²) >= 11 is 1.29. The number of thiophene rings is 1. The maximum Gasteiger partial charge on any atom is 0.341 e. The quantitative estimate of drug-likeness (QED) is 0.282. The highest BCUT2D eigenvalue weighted by molar-refractivity contribution is 7.20. The van der Waals surface area contributed by atoms with Gasteiger partial charge in [-0.1, -0.05) is 30.3 Å². The molecule has 174 valence electrons. The molecule has 1 atom stereocenters. The molecule has 0 aliphatic carbocycles. The van der Waals surface area contributed by atoms with E-state index in [9.17, 15) is 14.4 Å². The van der Waals surface area contributed by atoms with E-state index in [1.807, 2.05) is 37.3 Å². The topological polar surface area (TPSA) is 94.8 Å². The molecule has 4 aromatic rings. The van der Waals surface area contributed by atoms with Gasteiger partial charge in [0.05, 0.1) is 12.2 Å². The van der Waals surface area contributed by atoms with Crippen molar-refractivity contribution in [3.8, 4) is 16.2 Å². The molecular weight excluding hydrogens is 454 g/mol. The summed E-state index contributed by atoms with van der Waals surface area (Å²) < 4.78 is 16.2. The summed E-state index contributed by atoms with van der Waals surface area (Å²) in [4.78, 5) is 37.9. The monoisotopic (exact) mass is 477 g/mol. The third-order valence-corrected chi connectivity index (χ3v) is 6.23. The number of amides is 1. The van der Waals surface area contributed by atoms with Crippen molar-refractivity contribution in [3.05, 3.63) is 82.2 Å². The number of hydrogen-bond donors (Lipinski definition) is 1. The molecule has 0 fully saturated rings. The van der Waals surface area contributed by atoms with Crippen LogP contribution in [0, 0.1) is 6.92 Å². The Bertz CT molecular complexity index is 1410. The molecule has 0 bridgehead atoms. The molecule has 0 radical (unpaired) electrons. The third-order valence-electron chi connectivity index (χ3n) is 5.13. The molecule has 1 N–H and O–H groups in total. The average Bonchev–Trinajstić information content (AvgIpc) is 3.23. The normalized spacial score (nSPS) is 11.7. The number of rotatable bonds is 7. The highest BCUT2D eigenvalue weighted by atomic mass is 32.1. The summed E-state index contributed by atoms with van der Waals surface area (Å²) in [5, 5.41) is 3.97. The first-order chi connectivity index (χ1) is 16.4. The molecule has 0 aliphatic heterocycles. The van der Waals surface area contributed by atoms with E-state index < -0.39 is 23.6 Å². The predicted molar refractivity (Wildman–Crippen MR) is 132 cm³/mol. The molecule has 0 spiro atoms. The highest BCUT2D eigenvalue weighted by Crippen LogP contribution is 2.36. The Morgan fingerprint density at radius 2 is 1.85 bits per heavy atom. The number of ether oxygens (including phenoxy) is 2. The van der Waals surface area contributed by atoms with Crippen molar-refractivity contribution in [1.29, 1.82) is 0 Å². The van der Waals surface area contributed by atoms with Gasteiger partial charge in [-0.2, -0.15) is 0 Å². The minimum atomic E-state index is -0.883. The maximum absolute atomic E-state index is 12.9. The molecule has 2 aromatic heterocycles. The second-order valence-electron chi connectivity index (χ2n) is 7.60. The number of nitrogens with one attached hydrogen (secondary N) is 1. The molecule has 7 nitrogen and oxygen atoms in total. The van der Waals surface area contributed by atoms with Crippen LogP contribution < -0.4 is 15.7 Å². The summed E-state index contributed by atoms with van der Waals surface area (Å²) in [5.41, 5.74) is 1.93. The van der Waals surface area contributed by atoms with E-state index in [1.165, 1.54) is 17.4 Å². The first-order valence-electron chi connectivity index (χ1n) is 10.7. The number of carbonyl (C=O) groups excluding carboxylic acids is 2. The zero-order valence-electron chi connectivity index (χ0n) is 18.9. The second kappa shape index (κ2) is 9.93. The molecule has 4 rings (SSSR count). The number of fused-ring (bicyclic) bond motifs is 1. The molecule has 0 unspecified atom stereocenters. The minimum Gasteiger partial charge on any atom is -0.481 e. The van der Waals surface area contributed by atoms with Gasteiger partial charge in [-0.05, 0) is 50.1 Å². The van der Waals surface area contributed by atoms with Crippen LogP contribution in [0.2, 0.25) is 0 Å². The Labute approximate surface area is 199 Å². The Morgan fingerprint density at radius 1 is 1.09 bits per heavy atom. The Hall–Kier alpha value is -3.91. The van der Waals surface area contributed by atoms with Crippen LogP contribution in [0.3, 0.4) is 0 Å². The lowest BCUT2D eigenvalue weighted by Gasteiger charge is -2.15. The first kappa shape index (κ1) is 23.3. The van der Waals surface area contributed by atoms with Gasteiger partial charge >= 0.3 is 11.6 Å². The Balaban J connectivity index is 1.55. The standard InChI is InChI=1S/C26H23NO6S/c1-4-31-26(30)20-14-22(17-8-6-5-7-9-17)34-25(20)27-24(29)16(3)32-18-10-11-19-15(2)12-23(28)33-21(19)13-18/h5-14,16H,4H2,1-3H3,(H,27,29)/t16-/m1/s1. The van der Waals surface area contributed by atoms with Crippen LogP contribution in [-0.2, 0) is 9.53 Å². The highest BCUT2D eigenvalue weighted by Gasteiger charge is 2.23. The Kier molecular flexibility index (Phi) is 6.79. The van der Waals surface area contributed by atoms with Crippen molar-refractivity contribution in [3.63, 3.8) is 0 Å². The van der Waals surface area contributed by atoms with E-state index in [1.54, 1.807) is 38.1 Å². The largest absolute Gasteiger partial charge is 0.481 e. The number of anilines is 1. The van der Waals surface area contributed by atoms with Crippen LogP contribution >= 0.6 is 11.3 Å². The van der Waals surface area contributed by atoms with Crippen molar-refractivity contribution in [2.75, 3.05) is 11.9 Å². The van der Waals surface area contributed by atoms with Gasteiger partial charge in [0.2, 0.25) is 0 Å². The third kappa shape index (κ3) is 5.02. The summed E-state index contributed by atoms with van der Waals surface area (Å²) in [6, 6.07) is 17.8. The lowest BCUT2D eigenvalue weighted by Crippen LogP contribution is -2.30. The molecule has 8 heteroatoms. The summed E-state index contributed by atoms with van der Waals surface area (Å²) in [7, 11) is 0. The predicted octanol–water partition coefficient (Wildman–Crippen LogP) is 5.41. The van der Waals surface area contributed by atoms with Crippen LogP contribution in [0.5, 0.6) is 5.75 Å². The fourth-order valence-corrected chi connectivity index (χ4v) is 4.49. The number of esters is 1. The lowest BCUT2D eigenvalue weighted by atomic mass is 10.1. The molecule has 34 heavy (non-hydrogen) atoms. The van der Waals surface area contributed by atoms with Gasteiger partial charge in [-0.25, -0.2) is 9.59 Å². The average molecular weight is 478 g/mol. The zero-order valence-corrected chi connectivity index (χ0v) is 19.7. The van der Waals surface area contributed by atoms with Gasteiger partial charge in [-0.3, -0.25) is 4.79 Å². The number of benzene rings is 2. The number of hydrogen-bond acceptors (Lipinski definition) is 7. The van der Waals surface area contributed by atoms with Crippen molar-refractivity contribution in [2.45, 2.75) is 26.9 Å². The van der Waals surface area contributed by atoms with Crippen LogP contribution in [0.1, 0.15) is 29.8 Å². The van der Waals surface area contributed by atoms with Crippen LogP contribution in [-0.4, -0.2) is 24.6 Å². The van der Waals surface area contributed by atoms with Gasteiger partial charge in [0.15, 0.2) is 6.10 Å². The van der Waals surface area contributed by atoms with Crippen molar-refractivity contribution >= 4 is 39.2 Å². The van der Waals surface area contributed by atoms with Gasteiger partial charge < -0.3 is 19.2 Å². The van der Waals surface area contributed by atoms with Crippen LogP contribution in [0.4, 0.5) is 5.00 Å². The second-order valence-corrected chi connectivity index (χ2v) is 8.65. The molecule has 2 heterocycles. The smallest absolute Gasteiger partial charge is 0.341 e. The zero-order chi connectivity index (χ0) is 24.2. The molecule has 0 saturated heterocycles. The van der Waals surface area contributed by atoms with Crippen molar-refractivity contribution in [1.82, 2.24) is 0 Å². The first-order valence-corrected chi connectivity index (χ1v) is 11.6. The molecule has 1 amide bonds. The number of aryl methyl sites for hydroxylation is 1. The van der Waals surface area contributed by atoms with Crippen LogP contribution in [0.15, 0.2) is 69.9 Å². The molecule has 0 aliphatic rings. The summed E-state index contributed by atoms with van der Waals surface area (Å²) in [6.45, 7) is 5.37. The maximum atomic E-state index is 12.9. The summed E-state index contributed by atoms with van der Waals surface area (Å²) in [6.07, 6.45) is -0.883. The fraction of sp³-hybridized carbons (Fsp3) is 0.192. The van der Waals surface area contributed by atoms with Gasteiger partial charge in [0, 0.05) is 22.4 Å².